The lowest BCUT2D eigenvalue weighted by atomic mass is 10.1. The summed E-state index contributed by atoms with van der Waals surface area (Å²) in [5, 5.41) is 6.01. The summed E-state index contributed by atoms with van der Waals surface area (Å²) < 4.78 is 0.870. The Bertz CT molecular complexity index is 996. The Labute approximate surface area is 167 Å². The van der Waals surface area contributed by atoms with Crippen LogP contribution >= 0.6 is 11.3 Å². The van der Waals surface area contributed by atoms with E-state index in [0.717, 1.165) is 36.4 Å². The molecule has 3 aromatic rings. The number of para-hydroxylation sites is 1. The van der Waals surface area contributed by atoms with Crippen molar-refractivity contribution in [2.75, 3.05) is 43.9 Å². The Morgan fingerprint density at radius 2 is 1.75 bits per heavy atom. The minimum Gasteiger partial charge on any atom is -0.336 e. The molecule has 1 aliphatic rings. The molecule has 2 N–H and O–H groups in total. The summed E-state index contributed by atoms with van der Waals surface area (Å²) in [5.74, 6) is 0.0414. The monoisotopic (exact) mass is 395 g/mol. The summed E-state index contributed by atoms with van der Waals surface area (Å²) >= 11 is 1.35. The number of aromatic nitrogens is 1. The van der Waals surface area contributed by atoms with Gasteiger partial charge in [0.25, 0.3) is 5.91 Å². The fourth-order valence-electron chi connectivity index (χ4n) is 3.08. The largest absolute Gasteiger partial charge is 0.336 e. The molecule has 8 heteroatoms. The number of fused-ring (bicyclic) bond motifs is 1. The molecule has 1 aliphatic heterocycles. The maximum Gasteiger partial charge on any atom is 0.325 e. The zero-order valence-corrected chi connectivity index (χ0v) is 16.3. The number of hydrogen-bond donors (Lipinski definition) is 2. The van der Waals surface area contributed by atoms with Crippen molar-refractivity contribution in [1.29, 1.82) is 0 Å². The van der Waals surface area contributed by atoms with Crippen molar-refractivity contribution in [2.45, 2.75) is 0 Å². The van der Waals surface area contributed by atoms with Gasteiger partial charge in [0.2, 0.25) is 0 Å². The predicted molar refractivity (Wildman–Crippen MR) is 112 cm³/mol. The summed E-state index contributed by atoms with van der Waals surface area (Å²) in [7, 11) is 2.06. The molecule has 1 fully saturated rings. The van der Waals surface area contributed by atoms with Crippen LogP contribution in [-0.4, -0.2) is 59.9 Å². The van der Waals surface area contributed by atoms with Crippen LogP contribution in [0.1, 0.15) is 10.4 Å². The first-order valence-corrected chi connectivity index (χ1v) is 9.91. The number of rotatable bonds is 3. The molecular formula is C20H21N5O2S. The van der Waals surface area contributed by atoms with Gasteiger partial charge in [-0.05, 0) is 37.4 Å². The van der Waals surface area contributed by atoms with Crippen LogP contribution in [0.2, 0.25) is 0 Å². The number of nitrogens with one attached hydrogen (secondary N) is 2. The number of anilines is 2. The molecular weight excluding hydrogens is 374 g/mol. The van der Waals surface area contributed by atoms with Gasteiger partial charge in [0, 0.05) is 37.4 Å². The minimum atomic E-state index is -0.348. The molecule has 0 aliphatic carbocycles. The predicted octanol–water partition coefficient (Wildman–Crippen LogP) is 3.33. The van der Waals surface area contributed by atoms with Gasteiger partial charge in [-0.15, -0.1) is 0 Å². The molecule has 0 saturated carbocycles. The Kier molecular flexibility index (Phi) is 5.23. The molecule has 3 amide bonds. The summed E-state index contributed by atoms with van der Waals surface area (Å²) in [4.78, 5) is 33.4. The zero-order chi connectivity index (χ0) is 19.5. The Balaban J connectivity index is 1.45. The van der Waals surface area contributed by atoms with E-state index in [1.165, 1.54) is 11.3 Å². The number of carbonyl (C=O) groups is 2. The first-order chi connectivity index (χ1) is 13.6. The Hall–Kier alpha value is -2.97. The van der Waals surface area contributed by atoms with E-state index < -0.39 is 0 Å². The van der Waals surface area contributed by atoms with Crippen LogP contribution in [0.25, 0.3) is 10.2 Å². The van der Waals surface area contributed by atoms with E-state index in [-0.39, 0.29) is 11.9 Å². The second-order valence-electron chi connectivity index (χ2n) is 6.74. The molecule has 2 heterocycles. The van der Waals surface area contributed by atoms with Crippen molar-refractivity contribution in [2.24, 2.45) is 0 Å². The summed E-state index contributed by atoms with van der Waals surface area (Å²) in [6, 6.07) is 14.4. The third-order valence-corrected chi connectivity index (χ3v) is 5.61. The number of likely N-dealkylation sites (N-methyl/N-ethyl adjacent to an activating group) is 1. The fraction of sp³-hybridized carbons (Fsp3) is 0.250. The van der Waals surface area contributed by atoms with Gasteiger partial charge in [0.05, 0.1) is 10.2 Å². The third-order valence-electron chi connectivity index (χ3n) is 4.68. The van der Waals surface area contributed by atoms with E-state index in [2.05, 4.69) is 27.6 Å². The first kappa shape index (κ1) is 18.4. The fourth-order valence-corrected chi connectivity index (χ4v) is 3.98. The number of benzene rings is 2. The highest BCUT2D eigenvalue weighted by Gasteiger charge is 2.21. The van der Waals surface area contributed by atoms with E-state index in [4.69, 9.17) is 0 Å². The Morgan fingerprint density at radius 1 is 1.00 bits per heavy atom. The molecule has 0 spiro atoms. The van der Waals surface area contributed by atoms with Crippen molar-refractivity contribution >= 4 is 44.3 Å². The van der Waals surface area contributed by atoms with Crippen molar-refractivity contribution < 1.29 is 9.59 Å². The van der Waals surface area contributed by atoms with Gasteiger partial charge in [-0.1, -0.05) is 29.5 Å². The first-order valence-electron chi connectivity index (χ1n) is 9.10. The number of piperazine rings is 1. The second-order valence-corrected chi connectivity index (χ2v) is 7.77. The third kappa shape index (κ3) is 4.13. The van der Waals surface area contributed by atoms with Gasteiger partial charge < -0.3 is 15.1 Å². The summed E-state index contributed by atoms with van der Waals surface area (Å²) in [5.41, 5.74) is 2.12. The lowest BCUT2D eigenvalue weighted by molar-refractivity contribution is 0.0664. The number of nitrogens with zero attached hydrogens (tertiary/aromatic N) is 3. The average Bonchev–Trinajstić information content (AvgIpc) is 3.10. The van der Waals surface area contributed by atoms with Crippen LogP contribution in [0.4, 0.5) is 15.6 Å². The van der Waals surface area contributed by atoms with E-state index >= 15 is 0 Å². The molecule has 1 aromatic heterocycles. The Morgan fingerprint density at radius 3 is 2.50 bits per heavy atom. The second kappa shape index (κ2) is 7.95. The molecule has 0 atom stereocenters. The molecule has 4 rings (SSSR count). The van der Waals surface area contributed by atoms with E-state index in [0.29, 0.717) is 16.4 Å². The lowest BCUT2D eigenvalue weighted by Gasteiger charge is -2.32. The van der Waals surface area contributed by atoms with Gasteiger partial charge >= 0.3 is 6.03 Å². The average molecular weight is 395 g/mol. The van der Waals surface area contributed by atoms with Crippen molar-refractivity contribution in [1.82, 2.24) is 14.8 Å². The molecule has 1 saturated heterocycles. The highest BCUT2D eigenvalue weighted by atomic mass is 32.1. The summed E-state index contributed by atoms with van der Waals surface area (Å²) in [6.07, 6.45) is 0. The van der Waals surface area contributed by atoms with Gasteiger partial charge in [-0.3, -0.25) is 10.1 Å². The van der Waals surface area contributed by atoms with Crippen LogP contribution in [0.3, 0.4) is 0 Å². The quantitative estimate of drug-likeness (QED) is 0.713. The van der Waals surface area contributed by atoms with Gasteiger partial charge in [0.15, 0.2) is 5.13 Å². The number of thiazole rings is 1. The van der Waals surface area contributed by atoms with E-state index in [9.17, 15) is 9.59 Å². The molecule has 28 heavy (non-hydrogen) atoms. The van der Waals surface area contributed by atoms with Crippen molar-refractivity contribution in [3.8, 4) is 0 Å². The van der Waals surface area contributed by atoms with Crippen LogP contribution in [-0.2, 0) is 0 Å². The van der Waals surface area contributed by atoms with Gasteiger partial charge in [-0.2, -0.15) is 0 Å². The molecule has 144 valence electrons. The maximum absolute atomic E-state index is 12.7. The molecule has 7 nitrogen and oxygen atoms in total. The number of hydrogen-bond acceptors (Lipinski definition) is 5. The maximum atomic E-state index is 12.7. The number of carbonyl (C=O) groups excluding carboxylic acids is 2. The SMILES string of the molecule is CN1CCN(C(=O)c2ccc3nc(NC(=O)Nc4ccccc4)sc3c2)CC1. The number of amides is 3. The van der Waals surface area contributed by atoms with Crippen molar-refractivity contribution in [3.05, 3.63) is 54.1 Å². The van der Waals surface area contributed by atoms with E-state index in [1.807, 2.05) is 47.4 Å². The highest BCUT2D eigenvalue weighted by molar-refractivity contribution is 7.22. The molecule has 2 aromatic carbocycles. The van der Waals surface area contributed by atoms with E-state index in [1.54, 1.807) is 6.07 Å². The molecule has 0 unspecified atom stereocenters. The van der Waals surface area contributed by atoms with Crippen LogP contribution in [0.15, 0.2) is 48.5 Å². The minimum absolute atomic E-state index is 0.0414. The van der Waals surface area contributed by atoms with Gasteiger partial charge in [-0.25, -0.2) is 9.78 Å². The topological polar surface area (TPSA) is 77.6 Å². The van der Waals surface area contributed by atoms with Crippen LogP contribution < -0.4 is 10.6 Å². The van der Waals surface area contributed by atoms with Gasteiger partial charge in [0.1, 0.15) is 0 Å². The van der Waals surface area contributed by atoms with Crippen molar-refractivity contribution in [3.63, 3.8) is 0 Å². The molecule has 0 radical (unpaired) electrons. The van der Waals surface area contributed by atoms with Crippen LogP contribution in [0.5, 0.6) is 0 Å². The summed E-state index contributed by atoms with van der Waals surface area (Å²) in [6.45, 7) is 3.25. The standard InChI is InChI=1S/C20H21N5O2S/c1-24-9-11-25(12-10-24)18(26)14-7-8-16-17(13-14)28-20(22-16)23-19(27)21-15-5-3-2-4-6-15/h2-8,13H,9-12H2,1H3,(H2,21,22,23,27). The van der Waals surface area contributed by atoms with Crippen LogP contribution in [0, 0.1) is 0 Å². The smallest absolute Gasteiger partial charge is 0.325 e. The zero-order valence-electron chi connectivity index (χ0n) is 15.5. The normalized spacial score (nSPS) is 14.8. The lowest BCUT2D eigenvalue weighted by Crippen LogP contribution is -2.47. The number of urea groups is 1. The molecule has 0 bridgehead atoms. The highest BCUT2D eigenvalue weighted by Crippen LogP contribution is 2.27.